The number of aromatic amines is 1. The number of fused-ring (bicyclic) bond motifs is 1. The first kappa shape index (κ1) is 18.0. The summed E-state index contributed by atoms with van der Waals surface area (Å²) in [5.41, 5.74) is 1.68. The highest BCUT2D eigenvalue weighted by molar-refractivity contribution is 6.01. The molecule has 2 aromatic rings. The number of amides is 2. The Labute approximate surface area is 158 Å². The van der Waals surface area contributed by atoms with Gasteiger partial charge >= 0.3 is 0 Å². The molecule has 0 bridgehead atoms. The molecule has 0 saturated carbocycles. The van der Waals surface area contributed by atoms with E-state index in [1.807, 2.05) is 22.8 Å². The van der Waals surface area contributed by atoms with Crippen LogP contribution in [0.4, 0.5) is 4.39 Å². The first-order valence-corrected chi connectivity index (χ1v) is 9.92. The van der Waals surface area contributed by atoms with E-state index in [9.17, 15) is 14.0 Å². The van der Waals surface area contributed by atoms with Gasteiger partial charge in [-0.2, -0.15) is 0 Å². The maximum Gasteiger partial charge on any atom is 0.270 e. The minimum Gasteiger partial charge on any atom is -0.348 e. The molecular weight excluding hydrogens is 345 g/mol. The van der Waals surface area contributed by atoms with Crippen molar-refractivity contribution in [2.45, 2.75) is 51.5 Å². The summed E-state index contributed by atoms with van der Waals surface area (Å²) in [5.74, 6) is -0.163. The van der Waals surface area contributed by atoms with Crippen LogP contribution in [0.25, 0.3) is 10.9 Å². The van der Waals surface area contributed by atoms with Gasteiger partial charge in [-0.1, -0.05) is 12.1 Å². The van der Waals surface area contributed by atoms with Crippen LogP contribution in [0.1, 0.15) is 54.6 Å². The van der Waals surface area contributed by atoms with Crippen LogP contribution in [0, 0.1) is 12.7 Å². The minimum absolute atomic E-state index is 0.0550. The molecule has 27 heavy (non-hydrogen) atoms. The van der Waals surface area contributed by atoms with Crippen molar-refractivity contribution in [3.05, 3.63) is 35.3 Å². The maximum absolute atomic E-state index is 14.1. The lowest BCUT2D eigenvalue weighted by molar-refractivity contribution is -0.127. The van der Waals surface area contributed by atoms with E-state index < -0.39 is 0 Å². The van der Waals surface area contributed by atoms with Crippen molar-refractivity contribution in [1.82, 2.24) is 14.8 Å². The van der Waals surface area contributed by atoms with Crippen LogP contribution in [0.15, 0.2) is 18.2 Å². The quantitative estimate of drug-likeness (QED) is 0.892. The molecule has 4 rings (SSSR count). The van der Waals surface area contributed by atoms with Crippen molar-refractivity contribution in [3.63, 3.8) is 0 Å². The summed E-state index contributed by atoms with van der Waals surface area (Å²) < 4.78 is 14.1. The van der Waals surface area contributed by atoms with Crippen LogP contribution in [0.2, 0.25) is 0 Å². The van der Waals surface area contributed by atoms with Crippen molar-refractivity contribution in [2.24, 2.45) is 0 Å². The molecule has 3 heterocycles. The van der Waals surface area contributed by atoms with E-state index in [4.69, 9.17) is 0 Å². The standard InChI is InChI=1S/C21H26FN3O2/c1-14-16-7-4-8-17(22)20(16)23-19(14)21(27)25-12-3-2-6-15(25)10-13-24-11-5-9-18(24)26/h4,7-8,15,23H,2-3,5-6,9-13H2,1H3/t15-/m1/s1. The molecule has 2 saturated heterocycles. The highest BCUT2D eigenvalue weighted by Gasteiger charge is 2.31. The lowest BCUT2D eigenvalue weighted by Gasteiger charge is -2.36. The molecule has 5 nitrogen and oxygen atoms in total. The molecule has 1 aromatic heterocycles. The van der Waals surface area contributed by atoms with Gasteiger partial charge in [0.15, 0.2) is 0 Å². The lowest BCUT2D eigenvalue weighted by Crippen LogP contribution is -2.45. The lowest BCUT2D eigenvalue weighted by atomic mass is 9.98. The molecule has 0 spiro atoms. The van der Waals surface area contributed by atoms with Gasteiger partial charge < -0.3 is 14.8 Å². The van der Waals surface area contributed by atoms with E-state index in [-0.39, 0.29) is 23.7 Å². The summed E-state index contributed by atoms with van der Waals surface area (Å²) in [7, 11) is 0. The Morgan fingerprint density at radius 2 is 2.11 bits per heavy atom. The molecular formula is C21H26FN3O2. The smallest absolute Gasteiger partial charge is 0.270 e. The molecule has 1 N–H and O–H groups in total. The zero-order valence-electron chi connectivity index (χ0n) is 15.8. The van der Waals surface area contributed by atoms with E-state index >= 15 is 0 Å². The molecule has 2 fully saturated rings. The van der Waals surface area contributed by atoms with Crippen LogP contribution < -0.4 is 0 Å². The molecule has 2 aliphatic heterocycles. The van der Waals surface area contributed by atoms with Gasteiger partial charge in [0.05, 0.1) is 5.52 Å². The molecule has 144 valence electrons. The van der Waals surface area contributed by atoms with Crippen LogP contribution in [0.5, 0.6) is 0 Å². The Kier molecular flexibility index (Phi) is 4.89. The summed E-state index contributed by atoms with van der Waals surface area (Å²) in [4.78, 5) is 32.0. The van der Waals surface area contributed by atoms with E-state index in [0.717, 1.165) is 49.6 Å². The van der Waals surface area contributed by atoms with Crippen LogP contribution in [0.3, 0.4) is 0 Å². The fourth-order valence-electron chi connectivity index (χ4n) is 4.49. The van der Waals surface area contributed by atoms with Crippen molar-refractivity contribution in [2.75, 3.05) is 19.6 Å². The molecule has 6 heteroatoms. The highest BCUT2D eigenvalue weighted by atomic mass is 19.1. The summed E-state index contributed by atoms with van der Waals surface area (Å²) in [6.45, 7) is 4.13. The van der Waals surface area contributed by atoms with Crippen LogP contribution >= 0.6 is 0 Å². The Balaban J connectivity index is 1.54. The molecule has 1 atom stereocenters. The van der Waals surface area contributed by atoms with Crippen molar-refractivity contribution < 1.29 is 14.0 Å². The number of aromatic nitrogens is 1. The topological polar surface area (TPSA) is 56.4 Å². The molecule has 2 amide bonds. The highest BCUT2D eigenvalue weighted by Crippen LogP contribution is 2.28. The Hall–Kier alpha value is -2.37. The number of nitrogens with zero attached hydrogens (tertiary/aromatic N) is 2. The number of aryl methyl sites for hydroxylation is 1. The van der Waals surface area contributed by atoms with Gasteiger partial charge in [0.2, 0.25) is 5.91 Å². The van der Waals surface area contributed by atoms with Crippen molar-refractivity contribution in [1.29, 1.82) is 0 Å². The summed E-state index contributed by atoms with van der Waals surface area (Å²) in [6, 6.07) is 5.05. The second-order valence-corrected chi connectivity index (χ2v) is 7.71. The number of hydrogen-bond acceptors (Lipinski definition) is 2. The average molecular weight is 371 g/mol. The predicted octanol–water partition coefficient (Wildman–Crippen LogP) is 3.62. The number of rotatable bonds is 4. The second kappa shape index (κ2) is 7.33. The van der Waals surface area contributed by atoms with Gasteiger partial charge in [0.25, 0.3) is 5.91 Å². The zero-order chi connectivity index (χ0) is 19.0. The number of carbonyl (C=O) groups excluding carboxylic acids is 2. The predicted molar refractivity (Wildman–Crippen MR) is 102 cm³/mol. The fraction of sp³-hybridized carbons (Fsp3) is 0.524. The van der Waals surface area contributed by atoms with E-state index in [0.29, 0.717) is 30.7 Å². The number of likely N-dealkylation sites (tertiary alicyclic amines) is 2. The van der Waals surface area contributed by atoms with Gasteiger partial charge in [-0.05, 0) is 50.7 Å². The normalized spacial score (nSPS) is 20.7. The van der Waals surface area contributed by atoms with Gasteiger partial charge in [-0.3, -0.25) is 9.59 Å². The van der Waals surface area contributed by atoms with E-state index in [1.54, 1.807) is 6.07 Å². The van der Waals surface area contributed by atoms with E-state index in [2.05, 4.69) is 4.98 Å². The van der Waals surface area contributed by atoms with Crippen molar-refractivity contribution in [3.8, 4) is 0 Å². The van der Waals surface area contributed by atoms with Gasteiger partial charge in [-0.15, -0.1) is 0 Å². The molecule has 0 unspecified atom stereocenters. The largest absolute Gasteiger partial charge is 0.348 e. The fourth-order valence-corrected chi connectivity index (χ4v) is 4.49. The van der Waals surface area contributed by atoms with Crippen LogP contribution in [-0.2, 0) is 4.79 Å². The average Bonchev–Trinajstić information content (AvgIpc) is 3.24. The minimum atomic E-state index is -0.336. The molecule has 1 aromatic carbocycles. The molecule has 2 aliphatic rings. The summed E-state index contributed by atoms with van der Waals surface area (Å²) >= 11 is 0. The second-order valence-electron chi connectivity index (χ2n) is 7.71. The number of nitrogens with one attached hydrogen (secondary N) is 1. The van der Waals surface area contributed by atoms with Gasteiger partial charge in [0.1, 0.15) is 11.5 Å². The van der Waals surface area contributed by atoms with E-state index in [1.165, 1.54) is 6.07 Å². The van der Waals surface area contributed by atoms with Gasteiger partial charge in [0, 0.05) is 37.5 Å². The Morgan fingerprint density at radius 1 is 1.26 bits per heavy atom. The first-order valence-electron chi connectivity index (χ1n) is 9.92. The molecule has 0 radical (unpaired) electrons. The van der Waals surface area contributed by atoms with Crippen molar-refractivity contribution >= 4 is 22.7 Å². The first-order chi connectivity index (χ1) is 13.1. The zero-order valence-corrected chi connectivity index (χ0v) is 15.8. The number of H-pyrrole nitrogens is 1. The maximum atomic E-state index is 14.1. The third-order valence-electron chi connectivity index (χ3n) is 6.05. The molecule has 0 aliphatic carbocycles. The number of piperidine rings is 1. The monoisotopic (exact) mass is 371 g/mol. The third kappa shape index (κ3) is 3.33. The Morgan fingerprint density at radius 3 is 2.85 bits per heavy atom. The number of para-hydroxylation sites is 1. The summed E-state index contributed by atoms with van der Waals surface area (Å²) in [5, 5.41) is 0.759. The SMILES string of the molecule is Cc1c(C(=O)N2CCCC[C@@H]2CCN2CCCC2=O)[nH]c2c(F)cccc12. The number of benzene rings is 1. The van der Waals surface area contributed by atoms with Crippen LogP contribution in [-0.4, -0.2) is 52.3 Å². The number of carbonyl (C=O) groups is 2. The number of halogens is 1. The third-order valence-corrected chi connectivity index (χ3v) is 6.05. The number of hydrogen-bond donors (Lipinski definition) is 1. The Bertz CT molecular complexity index is 876. The van der Waals surface area contributed by atoms with Gasteiger partial charge in [-0.25, -0.2) is 4.39 Å². The summed E-state index contributed by atoms with van der Waals surface area (Å²) in [6.07, 6.45) is 5.44.